The Hall–Kier alpha value is -3.07. The standard InChI is InChI=1S/C30H33NO2/c1-4-5-16-26-30-28(22-14-10-7-11-15-22)27(21-12-8-6-9-13-21)29(30)24-19-23(33-3)17-18-25(24)31(26)20(2)32/h6-15,17-19,26-30H,4-5,16H2,1-3H3/t26-,27-,28-,29-,30+/m0/s1. The molecule has 3 heteroatoms. The summed E-state index contributed by atoms with van der Waals surface area (Å²) in [6, 6.07) is 28.3. The fourth-order valence-electron chi connectivity index (χ4n) is 6.49. The van der Waals surface area contributed by atoms with E-state index in [4.69, 9.17) is 4.74 Å². The Morgan fingerprint density at radius 2 is 1.52 bits per heavy atom. The van der Waals surface area contributed by atoms with E-state index >= 15 is 0 Å². The first-order valence-electron chi connectivity index (χ1n) is 12.2. The predicted molar refractivity (Wildman–Crippen MR) is 134 cm³/mol. The van der Waals surface area contributed by atoms with Crippen molar-refractivity contribution in [2.75, 3.05) is 12.0 Å². The van der Waals surface area contributed by atoms with Crippen LogP contribution >= 0.6 is 0 Å². The highest BCUT2D eigenvalue weighted by Crippen LogP contribution is 2.68. The van der Waals surface area contributed by atoms with Crippen LogP contribution in [0.5, 0.6) is 5.75 Å². The van der Waals surface area contributed by atoms with Crippen molar-refractivity contribution in [1.82, 2.24) is 0 Å². The number of ether oxygens (including phenoxy) is 1. The minimum Gasteiger partial charge on any atom is -0.497 e. The molecule has 0 N–H and O–H groups in total. The summed E-state index contributed by atoms with van der Waals surface area (Å²) in [5.41, 5.74) is 5.08. The molecule has 0 saturated heterocycles. The van der Waals surface area contributed by atoms with Crippen molar-refractivity contribution in [1.29, 1.82) is 0 Å². The van der Waals surface area contributed by atoms with Gasteiger partial charge in [0.15, 0.2) is 0 Å². The molecule has 5 atom stereocenters. The number of amides is 1. The number of carbonyl (C=O) groups excluding carboxylic acids is 1. The van der Waals surface area contributed by atoms with Gasteiger partial charge in [-0.2, -0.15) is 0 Å². The van der Waals surface area contributed by atoms with E-state index < -0.39 is 0 Å². The number of benzene rings is 3. The van der Waals surface area contributed by atoms with Crippen molar-refractivity contribution in [3.63, 3.8) is 0 Å². The van der Waals surface area contributed by atoms with Crippen LogP contribution in [0.25, 0.3) is 0 Å². The molecular formula is C30H33NO2. The predicted octanol–water partition coefficient (Wildman–Crippen LogP) is 6.90. The number of rotatable bonds is 6. The summed E-state index contributed by atoms with van der Waals surface area (Å²) in [5.74, 6) is 2.49. The Labute approximate surface area is 197 Å². The third-order valence-corrected chi connectivity index (χ3v) is 7.79. The quantitative estimate of drug-likeness (QED) is 0.418. The molecule has 1 heterocycles. The SMILES string of the molecule is CCCC[C@H]1[C@@H]2[C@@H](c3ccccc3)[C@H](c3ccccc3)[C@@H]2c2cc(OC)ccc2N1C(C)=O. The number of unbranched alkanes of at least 4 members (excludes halogenated alkanes) is 1. The Morgan fingerprint density at radius 3 is 2.09 bits per heavy atom. The van der Waals surface area contributed by atoms with Gasteiger partial charge in [-0.15, -0.1) is 0 Å². The van der Waals surface area contributed by atoms with Gasteiger partial charge in [-0.25, -0.2) is 0 Å². The highest BCUT2D eigenvalue weighted by atomic mass is 16.5. The summed E-state index contributed by atoms with van der Waals surface area (Å²) in [7, 11) is 1.72. The number of fused-ring (bicyclic) bond motifs is 3. The molecule has 0 bridgehead atoms. The molecule has 3 aromatic rings. The maximum atomic E-state index is 13.1. The smallest absolute Gasteiger partial charge is 0.224 e. The molecular weight excluding hydrogens is 406 g/mol. The third kappa shape index (κ3) is 3.64. The number of methoxy groups -OCH3 is 1. The molecule has 1 saturated carbocycles. The van der Waals surface area contributed by atoms with Crippen molar-refractivity contribution >= 4 is 11.6 Å². The zero-order chi connectivity index (χ0) is 22.9. The molecule has 3 nitrogen and oxygen atoms in total. The summed E-state index contributed by atoms with van der Waals surface area (Å²) < 4.78 is 5.62. The van der Waals surface area contributed by atoms with E-state index in [0.29, 0.717) is 23.7 Å². The van der Waals surface area contributed by atoms with E-state index in [0.717, 1.165) is 30.7 Å². The van der Waals surface area contributed by atoms with E-state index in [-0.39, 0.29) is 11.9 Å². The monoisotopic (exact) mass is 439 g/mol. The number of nitrogens with zero attached hydrogens (tertiary/aromatic N) is 1. The summed E-state index contributed by atoms with van der Waals surface area (Å²) in [4.78, 5) is 15.2. The fraction of sp³-hybridized carbons (Fsp3) is 0.367. The molecule has 0 unspecified atom stereocenters. The van der Waals surface area contributed by atoms with Crippen LogP contribution in [0.3, 0.4) is 0 Å². The molecule has 1 aliphatic carbocycles. The number of hydrogen-bond acceptors (Lipinski definition) is 2. The molecule has 0 radical (unpaired) electrons. The zero-order valence-electron chi connectivity index (χ0n) is 19.8. The van der Waals surface area contributed by atoms with Crippen LogP contribution in [0.4, 0.5) is 5.69 Å². The molecule has 33 heavy (non-hydrogen) atoms. The normalized spacial score (nSPS) is 25.5. The van der Waals surface area contributed by atoms with Gasteiger partial charge in [0, 0.05) is 18.7 Å². The van der Waals surface area contributed by atoms with Crippen molar-refractivity contribution < 1.29 is 9.53 Å². The van der Waals surface area contributed by atoms with E-state index in [1.54, 1.807) is 14.0 Å². The largest absolute Gasteiger partial charge is 0.497 e. The van der Waals surface area contributed by atoms with E-state index in [9.17, 15) is 4.79 Å². The van der Waals surface area contributed by atoms with Crippen molar-refractivity contribution in [3.05, 3.63) is 95.6 Å². The minimum atomic E-state index is 0.135. The molecule has 170 valence electrons. The van der Waals surface area contributed by atoms with Crippen LogP contribution in [0.2, 0.25) is 0 Å². The van der Waals surface area contributed by atoms with Crippen LogP contribution in [-0.2, 0) is 4.79 Å². The topological polar surface area (TPSA) is 29.5 Å². The molecule has 3 aromatic carbocycles. The average molecular weight is 440 g/mol. The van der Waals surface area contributed by atoms with Crippen molar-refractivity contribution in [2.45, 2.75) is 56.9 Å². The van der Waals surface area contributed by atoms with Gasteiger partial charge < -0.3 is 9.64 Å². The minimum absolute atomic E-state index is 0.135. The maximum absolute atomic E-state index is 13.1. The molecule has 1 aliphatic heterocycles. The fourth-order valence-corrected chi connectivity index (χ4v) is 6.49. The Morgan fingerprint density at radius 1 is 0.879 bits per heavy atom. The maximum Gasteiger partial charge on any atom is 0.224 e. The second kappa shape index (κ2) is 9.05. The lowest BCUT2D eigenvalue weighted by Crippen LogP contribution is -2.58. The number of carbonyl (C=O) groups is 1. The second-order valence-electron chi connectivity index (χ2n) is 9.50. The highest BCUT2D eigenvalue weighted by molar-refractivity contribution is 5.94. The molecule has 0 aromatic heterocycles. The number of anilines is 1. The highest BCUT2D eigenvalue weighted by Gasteiger charge is 2.59. The molecule has 0 spiro atoms. The average Bonchev–Trinajstić information content (AvgIpc) is 2.83. The van der Waals surface area contributed by atoms with Crippen LogP contribution in [-0.4, -0.2) is 19.1 Å². The van der Waals surface area contributed by atoms with E-state index in [1.165, 1.54) is 16.7 Å². The van der Waals surface area contributed by atoms with E-state index in [2.05, 4.69) is 84.6 Å². The zero-order valence-corrected chi connectivity index (χ0v) is 19.8. The molecule has 5 rings (SSSR count). The second-order valence-corrected chi connectivity index (χ2v) is 9.50. The van der Waals surface area contributed by atoms with Gasteiger partial charge >= 0.3 is 0 Å². The van der Waals surface area contributed by atoms with Crippen LogP contribution in [0, 0.1) is 5.92 Å². The summed E-state index contributed by atoms with van der Waals surface area (Å²) in [5, 5.41) is 0. The first-order chi connectivity index (χ1) is 16.2. The van der Waals surface area contributed by atoms with Gasteiger partial charge in [-0.3, -0.25) is 4.79 Å². The lowest BCUT2D eigenvalue weighted by Gasteiger charge is -2.61. The van der Waals surface area contributed by atoms with Gasteiger partial charge in [0.2, 0.25) is 5.91 Å². The third-order valence-electron chi connectivity index (χ3n) is 7.79. The van der Waals surface area contributed by atoms with Crippen LogP contribution < -0.4 is 9.64 Å². The number of hydrogen-bond donors (Lipinski definition) is 0. The molecule has 1 fully saturated rings. The van der Waals surface area contributed by atoms with Crippen LogP contribution in [0.15, 0.2) is 78.9 Å². The van der Waals surface area contributed by atoms with Gasteiger partial charge in [0.1, 0.15) is 5.75 Å². The summed E-state index contributed by atoms with van der Waals surface area (Å²) >= 11 is 0. The Kier molecular flexibility index (Phi) is 5.97. The first kappa shape index (κ1) is 21.8. The van der Waals surface area contributed by atoms with Crippen molar-refractivity contribution in [3.8, 4) is 5.75 Å². The molecule has 2 aliphatic rings. The summed E-state index contributed by atoms with van der Waals surface area (Å²) in [6.07, 6.45) is 3.29. The Bertz CT molecular complexity index is 1110. The van der Waals surface area contributed by atoms with Crippen molar-refractivity contribution in [2.24, 2.45) is 5.92 Å². The van der Waals surface area contributed by atoms with Gasteiger partial charge in [-0.05, 0) is 65.0 Å². The van der Waals surface area contributed by atoms with Gasteiger partial charge in [-0.1, -0.05) is 80.4 Å². The Balaban J connectivity index is 1.71. The van der Waals surface area contributed by atoms with Crippen LogP contribution in [0.1, 0.15) is 67.6 Å². The lowest BCUT2D eigenvalue weighted by molar-refractivity contribution is -0.118. The van der Waals surface area contributed by atoms with E-state index in [1.807, 2.05) is 6.07 Å². The summed E-state index contributed by atoms with van der Waals surface area (Å²) in [6.45, 7) is 3.96. The lowest BCUT2D eigenvalue weighted by atomic mass is 9.47. The molecule has 1 amide bonds. The van der Waals surface area contributed by atoms with Gasteiger partial charge in [0.05, 0.1) is 7.11 Å². The van der Waals surface area contributed by atoms with Gasteiger partial charge in [0.25, 0.3) is 0 Å². The first-order valence-corrected chi connectivity index (χ1v) is 12.2.